The van der Waals surface area contributed by atoms with Gasteiger partial charge in [0, 0.05) is 23.9 Å². The van der Waals surface area contributed by atoms with Crippen LogP contribution in [0.4, 0.5) is 0 Å². The molecule has 2 rings (SSSR count). The van der Waals surface area contributed by atoms with Crippen molar-refractivity contribution in [3.05, 3.63) is 22.4 Å². The summed E-state index contributed by atoms with van der Waals surface area (Å²) in [4.78, 5) is 3.84. The van der Waals surface area contributed by atoms with Gasteiger partial charge in [0.2, 0.25) is 0 Å². The summed E-state index contributed by atoms with van der Waals surface area (Å²) in [6, 6.07) is 4.27. The maximum atomic E-state index is 8.70. The second-order valence-corrected chi connectivity index (χ2v) is 5.53. The van der Waals surface area contributed by atoms with E-state index in [1.807, 2.05) is 11.3 Å². The van der Waals surface area contributed by atoms with Crippen molar-refractivity contribution in [2.24, 2.45) is 16.8 Å². The Morgan fingerprint density at radius 1 is 1.65 bits per heavy atom. The van der Waals surface area contributed by atoms with Gasteiger partial charge in [-0.25, -0.2) is 0 Å². The third-order valence-corrected chi connectivity index (χ3v) is 4.23. The smallest absolute Gasteiger partial charge is 0.143 e. The predicted octanol–water partition coefficient (Wildman–Crippen LogP) is 1.75. The van der Waals surface area contributed by atoms with E-state index in [9.17, 15) is 0 Å². The third-order valence-electron chi connectivity index (χ3n) is 3.29. The minimum Gasteiger partial charge on any atom is -0.409 e. The number of thiophene rings is 1. The molecule has 1 aromatic heterocycles. The second kappa shape index (κ2) is 6.02. The lowest BCUT2D eigenvalue weighted by Crippen LogP contribution is -2.41. The zero-order valence-corrected chi connectivity index (χ0v) is 10.7. The van der Waals surface area contributed by atoms with Crippen LogP contribution in [0.15, 0.2) is 22.7 Å². The monoisotopic (exact) mass is 253 g/mol. The van der Waals surface area contributed by atoms with E-state index in [1.165, 1.54) is 4.88 Å². The molecular weight excluding hydrogens is 234 g/mol. The highest BCUT2D eigenvalue weighted by Gasteiger charge is 2.22. The molecule has 5 heteroatoms. The van der Waals surface area contributed by atoms with Gasteiger partial charge in [-0.3, -0.25) is 0 Å². The Bertz CT molecular complexity index is 364. The molecule has 17 heavy (non-hydrogen) atoms. The topological polar surface area (TPSA) is 61.9 Å². The van der Waals surface area contributed by atoms with Crippen LogP contribution in [0.25, 0.3) is 0 Å². The quantitative estimate of drug-likeness (QED) is 0.372. The highest BCUT2D eigenvalue weighted by atomic mass is 32.1. The molecule has 1 aliphatic heterocycles. The Hall–Kier alpha value is -1.07. The first-order valence-electron chi connectivity index (χ1n) is 6.01. The largest absolute Gasteiger partial charge is 0.409 e. The lowest BCUT2D eigenvalue weighted by atomic mass is 9.97. The van der Waals surface area contributed by atoms with Crippen LogP contribution >= 0.6 is 11.3 Å². The minimum atomic E-state index is 0.220. The molecule has 0 bridgehead atoms. The van der Waals surface area contributed by atoms with Gasteiger partial charge in [0.1, 0.15) is 5.84 Å². The number of rotatable bonds is 4. The zero-order chi connectivity index (χ0) is 12.1. The van der Waals surface area contributed by atoms with Crippen molar-refractivity contribution in [3.8, 4) is 0 Å². The van der Waals surface area contributed by atoms with Crippen molar-refractivity contribution in [1.82, 2.24) is 4.90 Å². The molecule has 0 amide bonds. The summed E-state index contributed by atoms with van der Waals surface area (Å²) in [6.07, 6.45) is 3.26. The summed E-state index contributed by atoms with van der Waals surface area (Å²) in [7, 11) is 0. The van der Waals surface area contributed by atoms with E-state index in [0.717, 1.165) is 38.9 Å². The van der Waals surface area contributed by atoms with Gasteiger partial charge >= 0.3 is 0 Å². The maximum Gasteiger partial charge on any atom is 0.143 e. The minimum absolute atomic E-state index is 0.220. The van der Waals surface area contributed by atoms with Crippen LogP contribution in [0.2, 0.25) is 0 Å². The summed E-state index contributed by atoms with van der Waals surface area (Å²) in [5, 5.41) is 13.9. The van der Waals surface area contributed by atoms with Crippen LogP contribution in [0.5, 0.6) is 0 Å². The van der Waals surface area contributed by atoms with E-state index in [1.54, 1.807) is 0 Å². The molecule has 0 aromatic carbocycles. The molecule has 1 saturated heterocycles. The van der Waals surface area contributed by atoms with Crippen molar-refractivity contribution < 1.29 is 5.21 Å². The Morgan fingerprint density at radius 2 is 2.53 bits per heavy atom. The average Bonchev–Trinajstić information content (AvgIpc) is 2.89. The average molecular weight is 253 g/mol. The van der Waals surface area contributed by atoms with Gasteiger partial charge in [0.05, 0.1) is 0 Å². The van der Waals surface area contributed by atoms with Crippen LogP contribution < -0.4 is 5.73 Å². The molecule has 1 fully saturated rings. The molecule has 1 unspecified atom stereocenters. The molecule has 0 aliphatic carbocycles. The standard InChI is InChI=1S/C12H19N3OS/c13-12(14-16)10-3-1-6-15(9-10)7-5-11-4-2-8-17-11/h2,4,8,10,16H,1,3,5-7,9H2,(H2,13,14). The van der Waals surface area contributed by atoms with E-state index in [2.05, 4.69) is 27.6 Å². The van der Waals surface area contributed by atoms with Crippen LogP contribution in [0.3, 0.4) is 0 Å². The normalized spacial score (nSPS) is 22.8. The summed E-state index contributed by atoms with van der Waals surface area (Å²) in [6.45, 7) is 3.11. The van der Waals surface area contributed by atoms with Crippen LogP contribution in [-0.2, 0) is 6.42 Å². The molecule has 2 heterocycles. The lowest BCUT2D eigenvalue weighted by molar-refractivity contribution is 0.202. The lowest BCUT2D eigenvalue weighted by Gasteiger charge is -2.31. The first-order valence-corrected chi connectivity index (χ1v) is 6.89. The number of nitrogens with zero attached hydrogens (tertiary/aromatic N) is 2. The van der Waals surface area contributed by atoms with Gasteiger partial charge in [0.25, 0.3) is 0 Å². The number of nitrogens with two attached hydrogens (primary N) is 1. The molecule has 3 N–H and O–H groups in total. The third kappa shape index (κ3) is 3.44. The van der Waals surface area contributed by atoms with Crippen molar-refractivity contribution in [1.29, 1.82) is 0 Å². The fourth-order valence-corrected chi connectivity index (χ4v) is 3.00. The first kappa shape index (κ1) is 12.4. The molecular formula is C12H19N3OS. The van der Waals surface area contributed by atoms with Crippen molar-refractivity contribution in [3.63, 3.8) is 0 Å². The molecule has 1 aromatic rings. The van der Waals surface area contributed by atoms with Gasteiger partial charge < -0.3 is 15.8 Å². The Kier molecular flexibility index (Phi) is 4.39. The van der Waals surface area contributed by atoms with Gasteiger partial charge in [-0.2, -0.15) is 0 Å². The number of piperidine rings is 1. The van der Waals surface area contributed by atoms with Gasteiger partial charge in [-0.05, 0) is 37.3 Å². The van der Waals surface area contributed by atoms with E-state index >= 15 is 0 Å². The highest BCUT2D eigenvalue weighted by molar-refractivity contribution is 7.09. The molecule has 0 radical (unpaired) electrons. The van der Waals surface area contributed by atoms with E-state index in [-0.39, 0.29) is 5.92 Å². The van der Waals surface area contributed by atoms with Crippen LogP contribution in [0.1, 0.15) is 17.7 Å². The van der Waals surface area contributed by atoms with Gasteiger partial charge in [0.15, 0.2) is 0 Å². The Labute approximate surface area is 106 Å². The van der Waals surface area contributed by atoms with Crippen molar-refractivity contribution in [2.75, 3.05) is 19.6 Å². The number of hydrogen-bond acceptors (Lipinski definition) is 4. The fourth-order valence-electron chi connectivity index (χ4n) is 2.30. The van der Waals surface area contributed by atoms with Crippen LogP contribution in [-0.4, -0.2) is 35.6 Å². The first-order chi connectivity index (χ1) is 8.29. The molecule has 0 spiro atoms. The SMILES string of the molecule is NC(=NO)C1CCCN(CCc2cccs2)C1. The Balaban J connectivity index is 1.81. The number of likely N-dealkylation sites (tertiary alicyclic amines) is 1. The molecule has 0 saturated carbocycles. The second-order valence-electron chi connectivity index (χ2n) is 4.49. The molecule has 1 aliphatic rings. The Morgan fingerprint density at radius 3 is 3.24 bits per heavy atom. The summed E-state index contributed by atoms with van der Waals surface area (Å²) >= 11 is 1.81. The summed E-state index contributed by atoms with van der Waals surface area (Å²) in [5.41, 5.74) is 5.68. The number of hydrogen-bond donors (Lipinski definition) is 2. The summed E-state index contributed by atoms with van der Waals surface area (Å²) in [5.74, 6) is 0.600. The van der Waals surface area contributed by atoms with Crippen molar-refractivity contribution in [2.45, 2.75) is 19.3 Å². The molecule has 94 valence electrons. The highest BCUT2D eigenvalue weighted by Crippen LogP contribution is 2.17. The summed E-state index contributed by atoms with van der Waals surface area (Å²) < 4.78 is 0. The maximum absolute atomic E-state index is 8.70. The zero-order valence-electron chi connectivity index (χ0n) is 9.88. The van der Waals surface area contributed by atoms with E-state index in [4.69, 9.17) is 10.9 Å². The predicted molar refractivity (Wildman–Crippen MR) is 70.6 cm³/mol. The molecule has 4 nitrogen and oxygen atoms in total. The van der Waals surface area contributed by atoms with Gasteiger partial charge in [-0.1, -0.05) is 11.2 Å². The van der Waals surface area contributed by atoms with Gasteiger partial charge in [-0.15, -0.1) is 11.3 Å². The molecule has 1 atom stereocenters. The van der Waals surface area contributed by atoms with Crippen LogP contribution in [0, 0.1) is 5.92 Å². The number of amidine groups is 1. The van der Waals surface area contributed by atoms with Crippen molar-refractivity contribution >= 4 is 17.2 Å². The number of oxime groups is 1. The fraction of sp³-hybridized carbons (Fsp3) is 0.583. The van der Waals surface area contributed by atoms with E-state index in [0.29, 0.717) is 5.84 Å². The van der Waals surface area contributed by atoms with E-state index < -0.39 is 0 Å².